The number of para-hydroxylation sites is 2. The molecule has 1 aromatic heterocycles. The van der Waals surface area contributed by atoms with Crippen LogP contribution in [0.15, 0.2) is 29.1 Å². The van der Waals surface area contributed by atoms with E-state index in [2.05, 4.69) is 11.9 Å². The van der Waals surface area contributed by atoms with Gasteiger partial charge in [0.25, 0.3) is 0 Å². The SMILES string of the molecule is CCCC1CC(=O)N(Cn2c(=O)[nH]c3ccccc32)C1. The summed E-state index contributed by atoms with van der Waals surface area (Å²) >= 11 is 0. The van der Waals surface area contributed by atoms with Crippen molar-refractivity contribution in [1.82, 2.24) is 14.5 Å². The van der Waals surface area contributed by atoms with Crippen molar-refractivity contribution in [3.05, 3.63) is 34.7 Å². The van der Waals surface area contributed by atoms with E-state index >= 15 is 0 Å². The Morgan fingerprint density at radius 3 is 2.90 bits per heavy atom. The fourth-order valence-electron chi connectivity index (χ4n) is 3.01. The average Bonchev–Trinajstić information content (AvgIpc) is 2.92. The Bertz CT molecular complexity index is 686. The molecule has 0 radical (unpaired) electrons. The molecule has 1 aromatic carbocycles. The summed E-state index contributed by atoms with van der Waals surface area (Å²) in [5, 5.41) is 0. The van der Waals surface area contributed by atoms with Gasteiger partial charge in [-0.1, -0.05) is 25.5 Å². The molecular weight excluding hydrogens is 254 g/mol. The van der Waals surface area contributed by atoms with Crippen molar-refractivity contribution in [3.8, 4) is 0 Å². The highest BCUT2D eigenvalue weighted by molar-refractivity contribution is 5.79. The first-order valence-electron chi connectivity index (χ1n) is 7.14. The molecule has 20 heavy (non-hydrogen) atoms. The predicted molar refractivity (Wildman–Crippen MR) is 77.3 cm³/mol. The topological polar surface area (TPSA) is 58.1 Å². The van der Waals surface area contributed by atoms with E-state index in [-0.39, 0.29) is 11.6 Å². The number of H-pyrrole nitrogens is 1. The minimum atomic E-state index is -0.155. The summed E-state index contributed by atoms with van der Waals surface area (Å²) in [5.74, 6) is 0.592. The van der Waals surface area contributed by atoms with Crippen LogP contribution in [0.4, 0.5) is 0 Å². The number of aromatic amines is 1. The molecule has 1 N–H and O–H groups in total. The maximum Gasteiger partial charge on any atom is 0.327 e. The Hall–Kier alpha value is -2.04. The first kappa shape index (κ1) is 13.0. The largest absolute Gasteiger partial charge is 0.327 e. The van der Waals surface area contributed by atoms with Gasteiger partial charge in [0.05, 0.1) is 11.0 Å². The van der Waals surface area contributed by atoms with Crippen LogP contribution in [0.25, 0.3) is 11.0 Å². The first-order valence-corrected chi connectivity index (χ1v) is 7.14. The molecule has 1 amide bonds. The van der Waals surface area contributed by atoms with Gasteiger partial charge in [0.15, 0.2) is 0 Å². The third-order valence-electron chi connectivity index (χ3n) is 3.99. The fraction of sp³-hybridized carbons (Fsp3) is 0.467. The first-order chi connectivity index (χ1) is 9.69. The molecule has 2 heterocycles. The number of carbonyl (C=O) groups is 1. The number of aromatic nitrogens is 2. The summed E-state index contributed by atoms with van der Waals surface area (Å²) < 4.78 is 1.64. The lowest BCUT2D eigenvalue weighted by atomic mass is 10.0. The van der Waals surface area contributed by atoms with E-state index in [4.69, 9.17) is 0 Å². The molecule has 1 atom stereocenters. The molecule has 1 saturated heterocycles. The summed E-state index contributed by atoms with van der Waals surface area (Å²) in [6.45, 7) is 3.25. The number of nitrogens with zero attached hydrogens (tertiary/aromatic N) is 2. The molecule has 1 unspecified atom stereocenters. The van der Waals surface area contributed by atoms with Gasteiger partial charge in [0, 0.05) is 13.0 Å². The van der Waals surface area contributed by atoms with E-state index in [9.17, 15) is 9.59 Å². The Balaban J connectivity index is 1.85. The van der Waals surface area contributed by atoms with Gasteiger partial charge in [-0.25, -0.2) is 4.79 Å². The van der Waals surface area contributed by atoms with E-state index in [1.165, 1.54) is 0 Å². The predicted octanol–water partition coefficient (Wildman–Crippen LogP) is 1.94. The van der Waals surface area contributed by atoms with Gasteiger partial charge in [-0.2, -0.15) is 0 Å². The maximum absolute atomic E-state index is 12.0. The zero-order chi connectivity index (χ0) is 14.1. The average molecular weight is 273 g/mol. The minimum absolute atomic E-state index is 0.153. The number of likely N-dealkylation sites (tertiary alicyclic amines) is 1. The zero-order valence-corrected chi connectivity index (χ0v) is 11.6. The highest BCUT2D eigenvalue weighted by Gasteiger charge is 2.29. The van der Waals surface area contributed by atoms with Crippen molar-refractivity contribution in [1.29, 1.82) is 0 Å². The van der Waals surface area contributed by atoms with Gasteiger partial charge in [-0.3, -0.25) is 9.36 Å². The Morgan fingerprint density at radius 1 is 1.30 bits per heavy atom. The zero-order valence-electron chi connectivity index (χ0n) is 11.6. The monoisotopic (exact) mass is 273 g/mol. The molecular formula is C15H19N3O2. The van der Waals surface area contributed by atoms with Gasteiger partial charge in [0.2, 0.25) is 5.91 Å². The summed E-state index contributed by atoms with van der Waals surface area (Å²) in [6.07, 6.45) is 2.79. The van der Waals surface area contributed by atoms with Crippen LogP contribution in [-0.4, -0.2) is 26.9 Å². The number of benzene rings is 1. The highest BCUT2D eigenvalue weighted by Crippen LogP contribution is 2.23. The second-order valence-electron chi connectivity index (χ2n) is 5.49. The standard InChI is InChI=1S/C15H19N3O2/c1-2-5-11-8-14(19)17(9-11)10-18-13-7-4-3-6-12(13)16-15(18)20/h3-4,6-7,11H,2,5,8-10H2,1H3,(H,16,20). The number of fused-ring (bicyclic) bond motifs is 1. The second-order valence-corrected chi connectivity index (χ2v) is 5.49. The van der Waals surface area contributed by atoms with Crippen molar-refractivity contribution in [2.75, 3.05) is 6.54 Å². The van der Waals surface area contributed by atoms with Gasteiger partial charge >= 0.3 is 5.69 Å². The lowest BCUT2D eigenvalue weighted by Crippen LogP contribution is -2.32. The van der Waals surface area contributed by atoms with Crippen LogP contribution in [0.3, 0.4) is 0 Å². The third kappa shape index (κ3) is 2.24. The Labute approximate surface area is 117 Å². The van der Waals surface area contributed by atoms with Crippen LogP contribution in [0.5, 0.6) is 0 Å². The number of hydrogen-bond donors (Lipinski definition) is 1. The third-order valence-corrected chi connectivity index (χ3v) is 3.99. The number of rotatable bonds is 4. The van der Waals surface area contributed by atoms with Gasteiger partial charge in [0.1, 0.15) is 6.67 Å². The van der Waals surface area contributed by atoms with Crippen LogP contribution in [0, 0.1) is 5.92 Å². The summed E-state index contributed by atoms with van der Waals surface area (Å²) in [5.41, 5.74) is 1.51. The summed E-state index contributed by atoms with van der Waals surface area (Å²) in [4.78, 5) is 28.7. The van der Waals surface area contributed by atoms with Crippen molar-refractivity contribution in [2.45, 2.75) is 32.9 Å². The molecule has 2 aromatic rings. The van der Waals surface area contributed by atoms with Crippen molar-refractivity contribution in [2.24, 2.45) is 5.92 Å². The Morgan fingerprint density at radius 2 is 2.10 bits per heavy atom. The highest BCUT2D eigenvalue weighted by atomic mass is 16.2. The van der Waals surface area contributed by atoms with E-state index in [0.717, 1.165) is 30.4 Å². The quantitative estimate of drug-likeness (QED) is 0.925. The number of amides is 1. The molecule has 5 nitrogen and oxygen atoms in total. The summed E-state index contributed by atoms with van der Waals surface area (Å²) in [7, 11) is 0. The molecule has 0 saturated carbocycles. The molecule has 0 bridgehead atoms. The maximum atomic E-state index is 12.0. The van der Waals surface area contributed by atoms with Crippen molar-refractivity contribution in [3.63, 3.8) is 0 Å². The lowest BCUT2D eigenvalue weighted by molar-refractivity contribution is -0.129. The van der Waals surface area contributed by atoms with Crippen LogP contribution in [0.2, 0.25) is 0 Å². The molecule has 1 fully saturated rings. The second kappa shape index (κ2) is 5.15. The molecule has 1 aliphatic rings. The number of carbonyl (C=O) groups excluding carboxylic acids is 1. The van der Waals surface area contributed by atoms with Crippen LogP contribution < -0.4 is 5.69 Å². The van der Waals surface area contributed by atoms with Crippen LogP contribution in [0.1, 0.15) is 26.2 Å². The van der Waals surface area contributed by atoms with E-state index < -0.39 is 0 Å². The van der Waals surface area contributed by atoms with Crippen LogP contribution >= 0.6 is 0 Å². The number of imidazole rings is 1. The normalized spacial score (nSPS) is 19.1. The van der Waals surface area contributed by atoms with Gasteiger partial charge < -0.3 is 9.88 Å². The van der Waals surface area contributed by atoms with Crippen LogP contribution in [-0.2, 0) is 11.5 Å². The molecule has 1 aliphatic heterocycles. The van der Waals surface area contributed by atoms with Crippen molar-refractivity contribution >= 4 is 16.9 Å². The lowest BCUT2D eigenvalue weighted by Gasteiger charge is -2.17. The fourth-order valence-corrected chi connectivity index (χ4v) is 3.01. The van der Waals surface area contributed by atoms with Gasteiger partial charge in [-0.05, 0) is 24.5 Å². The van der Waals surface area contributed by atoms with E-state index in [1.807, 2.05) is 24.3 Å². The minimum Gasteiger partial charge on any atom is -0.324 e. The Kier molecular flexibility index (Phi) is 3.34. The number of nitrogens with one attached hydrogen (secondary N) is 1. The molecule has 0 spiro atoms. The molecule has 0 aliphatic carbocycles. The van der Waals surface area contributed by atoms with E-state index in [1.54, 1.807) is 9.47 Å². The van der Waals surface area contributed by atoms with E-state index in [0.29, 0.717) is 19.0 Å². The summed E-state index contributed by atoms with van der Waals surface area (Å²) in [6, 6.07) is 7.56. The molecule has 5 heteroatoms. The smallest absolute Gasteiger partial charge is 0.324 e. The molecule has 106 valence electrons. The molecule has 3 rings (SSSR count). The van der Waals surface area contributed by atoms with Gasteiger partial charge in [-0.15, -0.1) is 0 Å². The number of hydrogen-bond acceptors (Lipinski definition) is 2. The van der Waals surface area contributed by atoms with Crippen molar-refractivity contribution < 1.29 is 4.79 Å².